The number of pyridine rings is 1. The molecule has 0 unspecified atom stereocenters. The van der Waals surface area contributed by atoms with Gasteiger partial charge in [-0.25, -0.2) is 0 Å². The quantitative estimate of drug-likeness (QED) is 0.320. The molecule has 8 heteroatoms. The van der Waals surface area contributed by atoms with Crippen LogP contribution in [0.3, 0.4) is 0 Å². The van der Waals surface area contributed by atoms with Crippen LogP contribution in [0.2, 0.25) is 0 Å². The smallest absolute Gasteiger partial charge is 0.223 e. The highest BCUT2D eigenvalue weighted by atomic mass is 32.2. The number of rotatable bonds is 7. The van der Waals surface area contributed by atoms with Crippen molar-refractivity contribution in [3.63, 3.8) is 0 Å². The lowest BCUT2D eigenvalue weighted by molar-refractivity contribution is -0.116. The third kappa shape index (κ3) is 4.16. The maximum Gasteiger partial charge on any atom is 0.223 e. The Labute approximate surface area is 185 Å². The normalized spacial score (nSPS) is 13.7. The van der Waals surface area contributed by atoms with E-state index in [0.717, 1.165) is 23.2 Å². The van der Waals surface area contributed by atoms with Gasteiger partial charge in [-0.05, 0) is 49.2 Å². The lowest BCUT2D eigenvalue weighted by Crippen LogP contribution is -2.25. The van der Waals surface area contributed by atoms with Crippen molar-refractivity contribution in [1.29, 1.82) is 0 Å². The lowest BCUT2D eigenvalue weighted by atomic mass is 10.0. The standard InChI is InChI=1S/C23H23N5O2S/c1-4-12-28-22(17-7-10-24-11-8-17)25-26-23(28)31-15(2)21(30)19-5-6-20-18(14-19)9-13-27(20)16(3)29/h4-8,10-11,14-15H,1,9,12-13H2,2-3H3/t15-/m1/s1. The molecule has 4 rings (SSSR count). The summed E-state index contributed by atoms with van der Waals surface area (Å²) in [5.74, 6) is 0.757. The molecule has 3 heterocycles. The van der Waals surface area contributed by atoms with Crippen molar-refractivity contribution >= 4 is 29.1 Å². The molecule has 7 nitrogen and oxygen atoms in total. The second kappa shape index (κ2) is 8.85. The van der Waals surface area contributed by atoms with Gasteiger partial charge in [0.2, 0.25) is 5.91 Å². The number of nitrogens with zero attached hydrogens (tertiary/aromatic N) is 5. The summed E-state index contributed by atoms with van der Waals surface area (Å²) in [7, 11) is 0. The van der Waals surface area contributed by atoms with Crippen LogP contribution in [0.4, 0.5) is 5.69 Å². The Kier molecular flexibility index (Phi) is 5.99. The van der Waals surface area contributed by atoms with Crippen LogP contribution in [0.15, 0.2) is 60.5 Å². The van der Waals surface area contributed by atoms with Crippen molar-refractivity contribution in [2.45, 2.75) is 37.2 Å². The molecule has 3 aromatic rings. The van der Waals surface area contributed by atoms with Crippen LogP contribution in [0.5, 0.6) is 0 Å². The zero-order valence-electron chi connectivity index (χ0n) is 17.5. The van der Waals surface area contributed by atoms with E-state index in [1.54, 1.807) is 36.4 Å². The number of carbonyl (C=O) groups excluding carboxylic acids is 2. The Morgan fingerprint density at radius 1 is 1.23 bits per heavy atom. The molecule has 0 fully saturated rings. The van der Waals surface area contributed by atoms with Crippen LogP contribution in [0.25, 0.3) is 11.4 Å². The molecule has 1 aliphatic rings. The van der Waals surface area contributed by atoms with Gasteiger partial charge in [-0.15, -0.1) is 16.8 Å². The van der Waals surface area contributed by atoms with Crippen molar-refractivity contribution in [3.8, 4) is 11.4 Å². The number of benzene rings is 1. The average molecular weight is 434 g/mol. The summed E-state index contributed by atoms with van der Waals surface area (Å²) in [5.41, 5.74) is 3.49. The number of Topliss-reactive ketones (excluding diaryl/α,β-unsaturated/α-hetero) is 1. The van der Waals surface area contributed by atoms with Crippen molar-refractivity contribution < 1.29 is 9.59 Å². The van der Waals surface area contributed by atoms with E-state index in [1.807, 2.05) is 35.8 Å². The largest absolute Gasteiger partial charge is 0.312 e. The predicted octanol–water partition coefficient (Wildman–Crippen LogP) is 3.80. The SMILES string of the molecule is C=CCn1c(S[C@H](C)C(=O)c2ccc3c(c2)CCN3C(C)=O)nnc1-c1ccncc1. The van der Waals surface area contributed by atoms with E-state index in [2.05, 4.69) is 21.8 Å². The molecule has 1 aromatic carbocycles. The molecule has 2 aromatic heterocycles. The summed E-state index contributed by atoms with van der Waals surface area (Å²) in [4.78, 5) is 30.7. The van der Waals surface area contributed by atoms with E-state index in [9.17, 15) is 9.59 Å². The summed E-state index contributed by atoms with van der Waals surface area (Å²) in [6.45, 7) is 8.47. The molecule has 1 amide bonds. The first-order chi connectivity index (χ1) is 15.0. The second-order valence-electron chi connectivity index (χ2n) is 7.33. The highest BCUT2D eigenvalue weighted by Crippen LogP contribution is 2.32. The van der Waals surface area contributed by atoms with E-state index in [0.29, 0.717) is 29.6 Å². The Morgan fingerprint density at radius 2 is 2.00 bits per heavy atom. The second-order valence-corrected chi connectivity index (χ2v) is 8.64. The Hall–Kier alpha value is -3.26. The first-order valence-corrected chi connectivity index (χ1v) is 10.9. The van der Waals surface area contributed by atoms with Gasteiger partial charge in [-0.2, -0.15) is 0 Å². The van der Waals surface area contributed by atoms with Gasteiger partial charge in [-0.1, -0.05) is 17.8 Å². The third-order valence-electron chi connectivity index (χ3n) is 5.26. The van der Waals surface area contributed by atoms with E-state index >= 15 is 0 Å². The number of ketones is 1. The highest BCUT2D eigenvalue weighted by Gasteiger charge is 2.26. The summed E-state index contributed by atoms with van der Waals surface area (Å²) in [6.07, 6.45) is 5.97. The number of hydrogen-bond acceptors (Lipinski definition) is 6. The van der Waals surface area contributed by atoms with Crippen LogP contribution >= 0.6 is 11.8 Å². The molecule has 0 N–H and O–H groups in total. The van der Waals surface area contributed by atoms with E-state index in [1.165, 1.54) is 11.8 Å². The van der Waals surface area contributed by atoms with Gasteiger partial charge >= 0.3 is 0 Å². The summed E-state index contributed by atoms with van der Waals surface area (Å²) in [5, 5.41) is 8.97. The fourth-order valence-electron chi connectivity index (χ4n) is 3.71. The molecule has 0 saturated heterocycles. The number of anilines is 1. The maximum absolute atomic E-state index is 13.1. The van der Waals surface area contributed by atoms with Crippen molar-refractivity contribution in [2.75, 3.05) is 11.4 Å². The van der Waals surface area contributed by atoms with Crippen LogP contribution in [-0.4, -0.2) is 43.2 Å². The molecular weight excluding hydrogens is 410 g/mol. The molecule has 31 heavy (non-hydrogen) atoms. The summed E-state index contributed by atoms with van der Waals surface area (Å²) < 4.78 is 1.95. The highest BCUT2D eigenvalue weighted by molar-refractivity contribution is 8.00. The molecule has 0 aliphatic carbocycles. The maximum atomic E-state index is 13.1. The fraction of sp³-hybridized carbons (Fsp3) is 0.261. The number of amides is 1. The van der Waals surface area contributed by atoms with Gasteiger partial charge in [0.05, 0.1) is 5.25 Å². The molecular formula is C23H23N5O2S. The first-order valence-electron chi connectivity index (χ1n) is 10.1. The number of carbonyl (C=O) groups is 2. The number of allylic oxidation sites excluding steroid dienone is 1. The van der Waals surface area contributed by atoms with E-state index in [4.69, 9.17) is 0 Å². The van der Waals surface area contributed by atoms with Gasteiger partial charge in [0.25, 0.3) is 0 Å². The number of hydrogen-bond donors (Lipinski definition) is 0. The van der Waals surface area contributed by atoms with Gasteiger partial charge in [0.15, 0.2) is 16.8 Å². The zero-order chi connectivity index (χ0) is 22.0. The molecule has 1 aliphatic heterocycles. The Bertz CT molecular complexity index is 1140. The van der Waals surface area contributed by atoms with Crippen molar-refractivity contribution in [3.05, 3.63) is 66.5 Å². The van der Waals surface area contributed by atoms with Crippen LogP contribution in [-0.2, 0) is 17.8 Å². The van der Waals surface area contributed by atoms with Gasteiger partial charge in [-0.3, -0.25) is 19.1 Å². The topological polar surface area (TPSA) is 81.0 Å². The Morgan fingerprint density at radius 3 is 2.71 bits per heavy atom. The van der Waals surface area contributed by atoms with E-state index < -0.39 is 0 Å². The van der Waals surface area contributed by atoms with Crippen LogP contribution < -0.4 is 4.90 Å². The van der Waals surface area contributed by atoms with Crippen LogP contribution in [0, 0.1) is 0 Å². The minimum Gasteiger partial charge on any atom is -0.312 e. The van der Waals surface area contributed by atoms with Crippen molar-refractivity contribution in [2.24, 2.45) is 0 Å². The van der Waals surface area contributed by atoms with Crippen molar-refractivity contribution in [1.82, 2.24) is 19.7 Å². The minimum absolute atomic E-state index is 0.0210. The molecule has 158 valence electrons. The molecule has 0 saturated carbocycles. The number of aromatic nitrogens is 4. The molecule has 0 bridgehead atoms. The number of thioether (sulfide) groups is 1. The average Bonchev–Trinajstić information content (AvgIpc) is 3.38. The third-order valence-corrected chi connectivity index (χ3v) is 6.34. The first kappa shape index (κ1) is 21.0. The minimum atomic E-state index is -0.346. The monoisotopic (exact) mass is 433 g/mol. The van der Waals surface area contributed by atoms with E-state index in [-0.39, 0.29) is 16.9 Å². The molecule has 1 atom stereocenters. The zero-order valence-corrected chi connectivity index (χ0v) is 18.3. The van der Waals surface area contributed by atoms with Gasteiger partial charge in [0.1, 0.15) is 0 Å². The summed E-state index contributed by atoms with van der Waals surface area (Å²) in [6, 6.07) is 9.34. The Balaban J connectivity index is 1.55. The number of fused-ring (bicyclic) bond motifs is 1. The molecule has 0 radical (unpaired) electrons. The fourth-order valence-corrected chi connectivity index (χ4v) is 4.65. The summed E-state index contributed by atoms with van der Waals surface area (Å²) >= 11 is 1.38. The van der Waals surface area contributed by atoms with Gasteiger partial charge < -0.3 is 4.90 Å². The van der Waals surface area contributed by atoms with Crippen LogP contribution in [0.1, 0.15) is 29.8 Å². The lowest BCUT2D eigenvalue weighted by Gasteiger charge is -2.15. The van der Waals surface area contributed by atoms with Gasteiger partial charge in [0, 0.05) is 49.2 Å². The molecule has 0 spiro atoms. The predicted molar refractivity (Wildman–Crippen MR) is 121 cm³/mol.